The number of sulfonamides is 1. The zero-order valence-electron chi connectivity index (χ0n) is 23.8. The van der Waals surface area contributed by atoms with Gasteiger partial charge < -0.3 is 0 Å². The Morgan fingerprint density at radius 3 is 1.72 bits per heavy atom. The Morgan fingerprint density at radius 2 is 1.25 bits per heavy atom. The molecule has 0 aliphatic heterocycles. The van der Waals surface area contributed by atoms with Gasteiger partial charge in [-0.25, -0.2) is 8.42 Å². The van der Waals surface area contributed by atoms with Crippen LogP contribution >= 0.6 is 0 Å². The smallest absolute Gasteiger partial charge is 0.261 e. The van der Waals surface area contributed by atoms with Crippen molar-refractivity contribution >= 4 is 21.5 Å². The van der Waals surface area contributed by atoms with Crippen molar-refractivity contribution in [2.45, 2.75) is 74.1 Å². The van der Waals surface area contributed by atoms with E-state index in [1.54, 1.807) is 54.9 Å². The molecule has 1 N–H and O–H groups in total. The summed E-state index contributed by atoms with van der Waals surface area (Å²) in [5.74, 6) is -0.280. The molecule has 0 saturated carbocycles. The third-order valence-corrected chi connectivity index (χ3v) is 5.83. The molecule has 0 amide bonds. The van der Waals surface area contributed by atoms with Gasteiger partial charge in [0.2, 0.25) is 12.4 Å². The van der Waals surface area contributed by atoms with Gasteiger partial charge in [0.15, 0.2) is 5.78 Å². The van der Waals surface area contributed by atoms with Crippen molar-refractivity contribution in [2.24, 2.45) is 0 Å². The molecule has 7 heteroatoms. The lowest BCUT2D eigenvalue weighted by atomic mass is 9.98. The molecule has 0 fully saturated rings. The van der Waals surface area contributed by atoms with Gasteiger partial charge in [0.1, 0.15) is 7.11 Å². The molecule has 3 aromatic rings. The van der Waals surface area contributed by atoms with Crippen molar-refractivity contribution in [2.75, 3.05) is 11.8 Å². The van der Waals surface area contributed by atoms with Crippen LogP contribution in [0.4, 0.5) is 5.69 Å². The molecule has 0 atom stereocenters. The van der Waals surface area contributed by atoms with Crippen LogP contribution in [0.3, 0.4) is 0 Å². The van der Waals surface area contributed by atoms with E-state index < -0.39 is 10.0 Å². The second kappa shape index (κ2) is 19.1. The predicted molar refractivity (Wildman–Crippen MR) is 151 cm³/mol. The summed E-state index contributed by atoms with van der Waals surface area (Å²) in [5, 5.41) is 0. The molecular weight excluding hydrogens is 472 g/mol. The minimum absolute atomic E-state index is 0.132. The molecular formula is C29H45N2O4S+. The maximum absolute atomic E-state index is 13.1. The minimum atomic E-state index is -3.82. The molecule has 2 aromatic carbocycles. The van der Waals surface area contributed by atoms with Crippen LogP contribution in [0.15, 0.2) is 71.9 Å². The number of pyridine rings is 1. The Bertz CT molecular complexity index is 1110. The second-order valence-corrected chi connectivity index (χ2v) is 8.04. The SMILES string of the molecule is CC.CC.CC.CC.CO[n+]1ccc(C(=O)c2cc(C)c(C)cc2NS(=O)(=O)c2ccccc2)cc1. The van der Waals surface area contributed by atoms with Gasteiger partial charge in [-0.15, -0.1) is 0 Å². The normalized spacial score (nSPS) is 9.31. The number of rotatable bonds is 6. The van der Waals surface area contributed by atoms with E-state index in [0.29, 0.717) is 5.56 Å². The number of aryl methyl sites for hydroxylation is 2. The van der Waals surface area contributed by atoms with E-state index in [2.05, 4.69) is 4.72 Å². The zero-order chi connectivity index (χ0) is 28.3. The lowest BCUT2D eigenvalue weighted by Crippen LogP contribution is -2.39. The number of nitrogens with zero attached hydrogens (tertiary/aromatic N) is 1. The molecule has 0 unspecified atom stereocenters. The number of benzene rings is 2. The largest absolute Gasteiger partial charge is 0.289 e. The van der Waals surface area contributed by atoms with E-state index in [4.69, 9.17) is 4.84 Å². The third kappa shape index (κ3) is 10.2. The maximum atomic E-state index is 13.1. The van der Waals surface area contributed by atoms with Crippen LogP contribution in [0.2, 0.25) is 0 Å². The van der Waals surface area contributed by atoms with Gasteiger partial charge in [-0.3, -0.25) is 14.4 Å². The Labute approximate surface area is 219 Å². The Morgan fingerprint density at radius 1 is 0.778 bits per heavy atom. The van der Waals surface area contributed by atoms with Crippen molar-refractivity contribution in [3.8, 4) is 0 Å². The first-order chi connectivity index (χ1) is 17.3. The summed E-state index contributed by atoms with van der Waals surface area (Å²) >= 11 is 0. The van der Waals surface area contributed by atoms with Crippen molar-refractivity contribution in [3.63, 3.8) is 0 Å². The van der Waals surface area contributed by atoms with Crippen LogP contribution in [0, 0.1) is 13.8 Å². The summed E-state index contributed by atoms with van der Waals surface area (Å²) in [6.07, 6.45) is 3.23. The predicted octanol–water partition coefficient (Wildman–Crippen LogP) is 6.79. The number of aromatic nitrogens is 1. The topological polar surface area (TPSA) is 76.3 Å². The minimum Gasteiger partial charge on any atom is -0.289 e. The van der Waals surface area contributed by atoms with Gasteiger partial charge in [-0.05, 0) is 49.2 Å². The first-order valence-electron chi connectivity index (χ1n) is 12.6. The number of hydrogen-bond acceptors (Lipinski definition) is 4. The van der Waals surface area contributed by atoms with Gasteiger partial charge in [0, 0.05) is 28.0 Å². The highest BCUT2D eigenvalue weighted by Crippen LogP contribution is 2.26. The summed E-state index contributed by atoms with van der Waals surface area (Å²) in [4.78, 5) is 18.2. The highest BCUT2D eigenvalue weighted by Gasteiger charge is 2.21. The van der Waals surface area contributed by atoms with Gasteiger partial charge in [0.25, 0.3) is 10.0 Å². The quantitative estimate of drug-likeness (QED) is 0.289. The zero-order valence-corrected chi connectivity index (χ0v) is 24.7. The number of carbonyl (C=O) groups excluding carboxylic acids is 1. The van der Waals surface area contributed by atoms with E-state index in [1.807, 2.05) is 69.2 Å². The lowest BCUT2D eigenvalue weighted by Gasteiger charge is -2.14. The van der Waals surface area contributed by atoms with E-state index >= 15 is 0 Å². The molecule has 0 aliphatic rings. The third-order valence-electron chi connectivity index (χ3n) is 4.45. The van der Waals surface area contributed by atoms with Crippen molar-refractivity contribution in [3.05, 3.63) is 89.2 Å². The van der Waals surface area contributed by atoms with E-state index in [0.717, 1.165) is 11.1 Å². The van der Waals surface area contributed by atoms with Gasteiger partial charge in [0.05, 0.1) is 10.6 Å². The van der Waals surface area contributed by atoms with Crippen molar-refractivity contribution in [1.82, 2.24) is 0 Å². The first kappa shape index (κ1) is 35.0. The second-order valence-electron chi connectivity index (χ2n) is 6.36. The number of anilines is 1. The molecule has 1 aromatic heterocycles. The summed E-state index contributed by atoms with van der Waals surface area (Å²) in [6, 6.07) is 14.7. The van der Waals surface area contributed by atoms with Gasteiger partial charge >= 0.3 is 0 Å². The molecule has 1 heterocycles. The van der Waals surface area contributed by atoms with Crippen molar-refractivity contribution in [1.29, 1.82) is 0 Å². The monoisotopic (exact) mass is 517 g/mol. The van der Waals surface area contributed by atoms with Crippen LogP contribution in [0.5, 0.6) is 0 Å². The average Bonchev–Trinajstić information content (AvgIpc) is 2.95. The molecule has 3 rings (SSSR count). The van der Waals surface area contributed by atoms with E-state index in [9.17, 15) is 13.2 Å². The van der Waals surface area contributed by atoms with Gasteiger partial charge in [-0.2, -0.15) is 0 Å². The van der Waals surface area contributed by atoms with Crippen LogP contribution in [-0.4, -0.2) is 21.3 Å². The Balaban J connectivity index is 0. The van der Waals surface area contributed by atoms with Crippen LogP contribution in [0.1, 0.15) is 82.4 Å². The first-order valence-corrected chi connectivity index (χ1v) is 14.1. The molecule has 200 valence electrons. The number of nitrogens with one attached hydrogen (secondary N) is 1. The molecule has 0 spiro atoms. The maximum Gasteiger partial charge on any atom is 0.261 e. The van der Waals surface area contributed by atoms with E-state index in [1.165, 1.54) is 24.0 Å². The summed E-state index contributed by atoms with van der Waals surface area (Å²) in [5.41, 5.74) is 2.75. The molecule has 0 saturated heterocycles. The van der Waals surface area contributed by atoms with Gasteiger partial charge in [-0.1, -0.05) is 73.6 Å². The fraction of sp³-hybridized carbons (Fsp3) is 0.379. The lowest BCUT2D eigenvalue weighted by molar-refractivity contribution is -0.885. The molecule has 0 aliphatic carbocycles. The average molecular weight is 518 g/mol. The van der Waals surface area contributed by atoms with Crippen LogP contribution in [0.25, 0.3) is 0 Å². The summed E-state index contributed by atoms with van der Waals surface area (Å²) in [7, 11) is -2.30. The van der Waals surface area contributed by atoms with E-state index in [-0.39, 0.29) is 21.9 Å². The standard InChI is InChI=1S/C21H20N2O4S.4C2H6/c1-15-13-19(21(24)17-9-11-23(27-3)12-10-17)20(14-16(15)2)22-28(25,26)18-7-5-4-6-8-18;4*1-2/h4-14H,1-3H3;4*1-2H3/p+1. The fourth-order valence-corrected chi connectivity index (χ4v) is 3.82. The van der Waals surface area contributed by atoms with Crippen molar-refractivity contribution < 1.29 is 22.8 Å². The summed E-state index contributed by atoms with van der Waals surface area (Å²) in [6.45, 7) is 19.7. The number of hydrogen-bond donors (Lipinski definition) is 1. The number of ketones is 1. The molecule has 36 heavy (non-hydrogen) atoms. The Kier molecular flexibility index (Phi) is 18.5. The molecule has 0 radical (unpaired) electrons. The molecule has 6 nitrogen and oxygen atoms in total. The molecule has 0 bridgehead atoms. The Hall–Kier alpha value is -3.19. The highest BCUT2D eigenvalue weighted by atomic mass is 32.2. The van der Waals surface area contributed by atoms with Crippen LogP contribution in [-0.2, 0) is 10.0 Å². The highest BCUT2D eigenvalue weighted by molar-refractivity contribution is 7.92. The number of carbonyl (C=O) groups is 1. The fourth-order valence-electron chi connectivity index (χ4n) is 2.73. The summed E-state index contributed by atoms with van der Waals surface area (Å²) < 4.78 is 29.5. The van der Waals surface area contributed by atoms with Crippen LogP contribution < -0.4 is 14.3 Å².